The Morgan fingerprint density at radius 3 is 2.20 bits per heavy atom. The third-order valence-corrected chi connectivity index (χ3v) is 3.82. The lowest BCUT2D eigenvalue weighted by molar-refractivity contribution is 1.13. The number of rotatable bonds is 0. The van der Waals surface area contributed by atoms with E-state index in [0.717, 1.165) is 5.25 Å². The lowest BCUT2D eigenvalue weighted by Gasteiger charge is -2.17. The van der Waals surface area contributed by atoms with Gasteiger partial charge in [-0.1, -0.05) is 28.5 Å². The Labute approximate surface area is 40.1 Å². The topological polar surface area (TPSA) is 0 Å². The molecule has 2 heteroatoms. The van der Waals surface area contributed by atoms with Crippen LogP contribution >= 0.6 is 21.6 Å². The van der Waals surface area contributed by atoms with E-state index < -0.39 is 0 Å². The van der Waals surface area contributed by atoms with Crippen LogP contribution in [0.3, 0.4) is 0 Å². The molecule has 0 spiro atoms. The van der Waals surface area contributed by atoms with E-state index in [0.29, 0.717) is 0 Å². The third kappa shape index (κ3) is 0.763. The highest BCUT2D eigenvalue weighted by atomic mass is 33.1. The lowest BCUT2D eigenvalue weighted by Crippen LogP contribution is -2.04. The van der Waals surface area contributed by atoms with Crippen molar-refractivity contribution in [3.63, 3.8) is 0 Å². The van der Waals surface area contributed by atoms with E-state index in [-0.39, 0.29) is 0 Å². The zero-order valence-corrected chi connectivity index (χ0v) is 4.73. The van der Waals surface area contributed by atoms with Crippen molar-refractivity contribution < 1.29 is 0 Å². The Bertz CT molecular complexity index is 31.9. The van der Waals surface area contributed by atoms with Crippen LogP contribution in [0, 0.1) is 0 Å². The fraction of sp³-hybridized carbons (Fsp3) is 1.00. The van der Waals surface area contributed by atoms with Gasteiger partial charge in [-0.2, -0.15) is 0 Å². The molecule has 1 saturated heterocycles. The summed E-state index contributed by atoms with van der Waals surface area (Å²) in [5.41, 5.74) is 0. The van der Waals surface area contributed by atoms with E-state index in [1.165, 1.54) is 5.75 Å². The average Bonchev–Trinajstić information content (AvgIpc) is 1.30. The molecule has 0 aromatic carbocycles. The van der Waals surface area contributed by atoms with E-state index in [2.05, 4.69) is 6.92 Å². The molecule has 0 aliphatic carbocycles. The highest BCUT2D eigenvalue weighted by Crippen LogP contribution is 2.39. The Morgan fingerprint density at radius 2 is 2.20 bits per heavy atom. The molecule has 1 atom stereocenters. The molecule has 5 heavy (non-hydrogen) atoms. The van der Waals surface area contributed by atoms with Crippen molar-refractivity contribution in [2.75, 3.05) is 5.75 Å². The summed E-state index contributed by atoms with van der Waals surface area (Å²) >= 11 is 0. The van der Waals surface area contributed by atoms with E-state index in [9.17, 15) is 0 Å². The van der Waals surface area contributed by atoms with Crippen LogP contribution in [0.15, 0.2) is 0 Å². The zero-order valence-electron chi connectivity index (χ0n) is 3.10. The molecule has 1 aliphatic rings. The molecule has 0 aromatic rings. The van der Waals surface area contributed by atoms with Gasteiger partial charge in [-0.15, -0.1) is 0 Å². The summed E-state index contributed by atoms with van der Waals surface area (Å²) in [4.78, 5) is 0. The average molecular weight is 106 g/mol. The molecular formula is C3H6S2. The largest absolute Gasteiger partial charge is 0.0927 e. The molecule has 30 valence electrons. The second-order valence-electron chi connectivity index (χ2n) is 1.19. The van der Waals surface area contributed by atoms with Gasteiger partial charge < -0.3 is 0 Å². The van der Waals surface area contributed by atoms with Gasteiger partial charge in [-0.25, -0.2) is 0 Å². The summed E-state index contributed by atoms with van der Waals surface area (Å²) in [5.74, 6) is 1.37. The third-order valence-electron chi connectivity index (χ3n) is 0.535. The van der Waals surface area contributed by atoms with Crippen LogP contribution in [0.2, 0.25) is 0 Å². The summed E-state index contributed by atoms with van der Waals surface area (Å²) in [7, 11) is 3.94. The standard InChI is InChI=1S/C3H6S2/c1-3-2-4-5-3/h3H,2H2,1H3. The van der Waals surface area contributed by atoms with Gasteiger partial charge in [-0.3, -0.25) is 0 Å². The van der Waals surface area contributed by atoms with Gasteiger partial charge in [0, 0.05) is 11.0 Å². The van der Waals surface area contributed by atoms with Gasteiger partial charge in [0.25, 0.3) is 0 Å². The quantitative estimate of drug-likeness (QED) is 0.432. The lowest BCUT2D eigenvalue weighted by atomic mass is 10.6. The normalized spacial score (nSPS) is 36.6. The molecule has 0 N–H and O–H groups in total. The maximum atomic E-state index is 2.25. The highest BCUT2D eigenvalue weighted by Gasteiger charge is 2.11. The fourth-order valence-electron chi connectivity index (χ4n) is 0.204. The maximum Gasteiger partial charge on any atom is 0.0222 e. The summed E-state index contributed by atoms with van der Waals surface area (Å²) in [6.07, 6.45) is 0. The molecular weight excluding hydrogens is 100 g/mol. The Morgan fingerprint density at radius 1 is 1.80 bits per heavy atom. The summed E-state index contributed by atoms with van der Waals surface area (Å²) in [5, 5.41) is 0.944. The molecule has 1 unspecified atom stereocenters. The van der Waals surface area contributed by atoms with Crippen molar-refractivity contribution in [2.45, 2.75) is 12.2 Å². The SMILES string of the molecule is CC1CSS1. The Hall–Kier alpha value is 0.700. The van der Waals surface area contributed by atoms with Gasteiger partial charge in [0.15, 0.2) is 0 Å². The van der Waals surface area contributed by atoms with Crippen LogP contribution in [0.1, 0.15) is 6.92 Å². The van der Waals surface area contributed by atoms with Gasteiger partial charge >= 0.3 is 0 Å². The van der Waals surface area contributed by atoms with Crippen LogP contribution in [0.4, 0.5) is 0 Å². The summed E-state index contributed by atoms with van der Waals surface area (Å²) < 4.78 is 0. The van der Waals surface area contributed by atoms with Crippen LogP contribution in [0.25, 0.3) is 0 Å². The summed E-state index contributed by atoms with van der Waals surface area (Å²) in [6.45, 7) is 2.25. The maximum absolute atomic E-state index is 2.25. The van der Waals surface area contributed by atoms with E-state index >= 15 is 0 Å². The van der Waals surface area contributed by atoms with Crippen molar-refractivity contribution in [3.8, 4) is 0 Å². The van der Waals surface area contributed by atoms with E-state index in [1.54, 1.807) is 0 Å². The van der Waals surface area contributed by atoms with E-state index in [4.69, 9.17) is 0 Å². The first-order valence-corrected chi connectivity index (χ1v) is 4.06. The van der Waals surface area contributed by atoms with Gasteiger partial charge in [-0.05, 0) is 0 Å². The first-order chi connectivity index (χ1) is 2.39. The molecule has 1 fully saturated rings. The highest BCUT2D eigenvalue weighted by molar-refractivity contribution is 8.79. The van der Waals surface area contributed by atoms with Crippen LogP contribution < -0.4 is 0 Å². The molecule has 0 aromatic heterocycles. The first kappa shape index (κ1) is 3.88. The van der Waals surface area contributed by atoms with E-state index in [1.807, 2.05) is 21.6 Å². The summed E-state index contributed by atoms with van der Waals surface area (Å²) in [6, 6.07) is 0. The molecule has 0 nitrogen and oxygen atoms in total. The van der Waals surface area contributed by atoms with Crippen molar-refractivity contribution in [3.05, 3.63) is 0 Å². The minimum absolute atomic E-state index is 0.944. The van der Waals surface area contributed by atoms with Gasteiger partial charge in [0.05, 0.1) is 0 Å². The monoisotopic (exact) mass is 106 g/mol. The molecule has 0 bridgehead atoms. The smallest absolute Gasteiger partial charge is 0.0222 e. The fourth-order valence-corrected chi connectivity index (χ4v) is 1.84. The van der Waals surface area contributed by atoms with Crippen molar-refractivity contribution >= 4 is 21.6 Å². The molecule has 1 rings (SSSR count). The van der Waals surface area contributed by atoms with Crippen LogP contribution in [-0.2, 0) is 0 Å². The van der Waals surface area contributed by atoms with Crippen LogP contribution in [0.5, 0.6) is 0 Å². The predicted octanol–water partition coefficient (Wildman–Crippen LogP) is 1.77. The van der Waals surface area contributed by atoms with Crippen molar-refractivity contribution in [2.24, 2.45) is 0 Å². The van der Waals surface area contributed by atoms with Crippen molar-refractivity contribution in [1.82, 2.24) is 0 Å². The second-order valence-corrected chi connectivity index (χ2v) is 4.04. The van der Waals surface area contributed by atoms with Gasteiger partial charge in [0.2, 0.25) is 0 Å². The predicted molar refractivity (Wildman–Crippen MR) is 29.5 cm³/mol. The molecule has 0 saturated carbocycles. The molecule has 0 radical (unpaired) electrons. The van der Waals surface area contributed by atoms with Crippen LogP contribution in [-0.4, -0.2) is 11.0 Å². The number of hydrogen-bond donors (Lipinski definition) is 0. The zero-order chi connectivity index (χ0) is 3.70. The Balaban J connectivity index is 2.08. The minimum Gasteiger partial charge on any atom is -0.0927 e. The molecule has 1 heterocycles. The second kappa shape index (κ2) is 1.43. The number of hydrogen-bond acceptors (Lipinski definition) is 2. The first-order valence-electron chi connectivity index (χ1n) is 1.68. The van der Waals surface area contributed by atoms with Gasteiger partial charge in [0.1, 0.15) is 0 Å². The molecule has 0 amide bonds. The van der Waals surface area contributed by atoms with Crippen molar-refractivity contribution in [1.29, 1.82) is 0 Å². The minimum atomic E-state index is 0.944. The molecule has 1 aliphatic heterocycles. The Kier molecular flexibility index (Phi) is 1.11.